The number of benzene rings is 8. The molecular weight excluding hydrogens is 649 g/mol. The largest absolute Gasteiger partial charge is 0.449 e. The standard InChI is InChI=1S/C48H42OSi2/c1-50(2,41-27-21-35(22-28-41)25-31-47-43-17-9-5-13-37(43)33-38-14-6-10-18-44(38)47)49-51(3,4)42-29-23-36(24-30-42)26-32-48-45-19-11-7-15-39(45)34-40-16-8-12-20-46(40)48/h5-34H,1-4H3/b31-25+,32-26+. The summed E-state index contributed by atoms with van der Waals surface area (Å²) in [6.07, 6.45) is 9.03. The second kappa shape index (κ2) is 13.4. The van der Waals surface area contributed by atoms with E-state index < -0.39 is 16.6 Å². The van der Waals surface area contributed by atoms with Crippen molar-refractivity contribution in [1.82, 2.24) is 0 Å². The summed E-state index contributed by atoms with van der Waals surface area (Å²) in [6.45, 7) is 9.34. The predicted molar refractivity (Wildman–Crippen MR) is 229 cm³/mol. The summed E-state index contributed by atoms with van der Waals surface area (Å²) in [4.78, 5) is 0. The van der Waals surface area contributed by atoms with E-state index in [1.54, 1.807) is 0 Å². The van der Waals surface area contributed by atoms with Crippen molar-refractivity contribution in [3.63, 3.8) is 0 Å². The Bertz CT molecular complexity index is 2300. The quantitative estimate of drug-likeness (QED) is 0.0876. The van der Waals surface area contributed by atoms with Crippen molar-refractivity contribution in [2.24, 2.45) is 0 Å². The molecule has 0 atom stereocenters. The minimum absolute atomic E-state index is 1.19. The monoisotopic (exact) mass is 690 g/mol. The van der Waals surface area contributed by atoms with Gasteiger partial charge in [0.2, 0.25) is 16.6 Å². The molecular formula is C48H42OSi2. The summed E-state index contributed by atoms with van der Waals surface area (Å²) in [5.41, 5.74) is 4.92. The molecule has 0 saturated carbocycles. The highest BCUT2D eigenvalue weighted by molar-refractivity contribution is 6.96. The van der Waals surface area contributed by atoms with Crippen molar-refractivity contribution in [1.29, 1.82) is 0 Å². The summed E-state index contributed by atoms with van der Waals surface area (Å²) in [7, 11) is -4.36. The Morgan fingerprint density at radius 1 is 0.353 bits per heavy atom. The number of rotatable bonds is 8. The van der Waals surface area contributed by atoms with E-state index in [1.165, 1.54) is 75.7 Å². The Morgan fingerprint density at radius 2 is 0.647 bits per heavy atom. The van der Waals surface area contributed by atoms with Gasteiger partial charge >= 0.3 is 0 Å². The third kappa shape index (κ3) is 6.64. The highest BCUT2D eigenvalue weighted by atomic mass is 28.4. The van der Waals surface area contributed by atoms with Gasteiger partial charge in [-0.25, -0.2) is 0 Å². The highest BCUT2D eigenvalue weighted by Crippen LogP contribution is 2.31. The average Bonchev–Trinajstić information content (AvgIpc) is 3.15. The molecule has 0 spiro atoms. The first-order valence-corrected chi connectivity index (χ1v) is 23.7. The zero-order chi connectivity index (χ0) is 35.0. The summed E-state index contributed by atoms with van der Waals surface area (Å²) in [5.74, 6) is 0. The molecule has 248 valence electrons. The normalized spacial score (nSPS) is 12.6. The molecule has 51 heavy (non-hydrogen) atoms. The molecule has 0 aromatic heterocycles. The first-order valence-electron chi connectivity index (χ1n) is 17.8. The van der Waals surface area contributed by atoms with Crippen LogP contribution in [0.1, 0.15) is 22.3 Å². The van der Waals surface area contributed by atoms with Crippen LogP contribution in [0.25, 0.3) is 67.4 Å². The summed E-state index contributed by atoms with van der Waals surface area (Å²) in [5, 5.41) is 12.8. The molecule has 8 rings (SSSR count). The minimum Gasteiger partial charge on any atom is -0.449 e. The Kier molecular flexibility index (Phi) is 8.65. The lowest BCUT2D eigenvalue weighted by Crippen LogP contribution is -2.57. The second-order valence-corrected chi connectivity index (χ2v) is 22.5. The molecule has 0 fully saturated rings. The van der Waals surface area contributed by atoms with Gasteiger partial charge in [0.05, 0.1) is 0 Å². The van der Waals surface area contributed by atoms with Crippen molar-refractivity contribution in [3.8, 4) is 0 Å². The van der Waals surface area contributed by atoms with Gasteiger partial charge in [0.25, 0.3) is 0 Å². The Morgan fingerprint density at radius 3 is 0.961 bits per heavy atom. The summed E-state index contributed by atoms with van der Waals surface area (Å²) >= 11 is 0. The number of hydrogen-bond acceptors (Lipinski definition) is 1. The average molecular weight is 691 g/mol. The van der Waals surface area contributed by atoms with Crippen LogP contribution in [-0.2, 0) is 4.12 Å². The Labute approximate surface area is 303 Å². The molecule has 0 radical (unpaired) electrons. The molecule has 8 aromatic rings. The van der Waals surface area contributed by atoms with E-state index >= 15 is 0 Å². The van der Waals surface area contributed by atoms with Gasteiger partial charge in [0.1, 0.15) is 0 Å². The van der Waals surface area contributed by atoms with E-state index in [2.05, 4.69) is 208 Å². The summed E-state index contributed by atoms with van der Waals surface area (Å²) < 4.78 is 7.17. The van der Waals surface area contributed by atoms with Crippen LogP contribution in [0.4, 0.5) is 0 Å². The lowest BCUT2D eigenvalue weighted by molar-refractivity contribution is 0.573. The minimum atomic E-state index is -2.18. The van der Waals surface area contributed by atoms with E-state index in [-0.39, 0.29) is 0 Å². The van der Waals surface area contributed by atoms with E-state index in [0.29, 0.717) is 0 Å². The zero-order valence-electron chi connectivity index (χ0n) is 29.7. The molecule has 3 heteroatoms. The van der Waals surface area contributed by atoms with Crippen LogP contribution >= 0.6 is 0 Å². The molecule has 0 amide bonds. The molecule has 0 saturated heterocycles. The van der Waals surface area contributed by atoms with Crippen LogP contribution in [0, 0.1) is 0 Å². The van der Waals surface area contributed by atoms with E-state index in [9.17, 15) is 0 Å². The Hall–Kier alpha value is -5.33. The fourth-order valence-corrected chi connectivity index (χ4v) is 15.5. The van der Waals surface area contributed by atoms with Crippen LogP contribution in [-0.4, -0.2) is 16.6 Å². The van der Waals surface area contributed by atoms with Crippen LogP contribution in [0.5, 0.6) is 0 Å². The maximum Gasteiger partial charge on any atom is 0.206 e. The van der Waals surface area contributed by atoms with Crippen molar-refractivity contribution >= 4 is 94.4 Å². The van der Waals surface area contributed by atoms with Crippen LogP contribution < -0.4 is 10.4 Å². The number of hydrogen-bond donors (Lipinski definition) is 0. The third-order valence-electron chi connectivity index (χ3n) is 10.2. The van der Waals surface area contributed by atoms with Crippen molar-refractivity contribution in [2.75, 3.05) is 0 Å². The fourth-order valence-electron chi connectivity index (χ4n) is 7.56. The molecule has 0 unspecified atom stereocenters. The van der Waals surface area contributed by atoms with Gasteiger partial charge < -0.3 is 4.12 Å². The molecule has 0 aliphatic heterocycles. The van der Waals surface area contributed by atoms with Gasteiger partial charge in [0.15, 0.2) is 0 Å². The van der Waals surface area contributed by atoms with Crippen molar-refractivity contribution in [3.05, 3.63) is 180 Å². The van der Waals surface area contributed by atoms with Gasteiger partial charge in [-0.05, 0) is 114 Å². The first kappa shape index (κ1) is 32.9. The maximum atomic E-state index is 7.17. The topological polar surface area (TPSA) is 9.23 Å². The van der Waals surface area contributed by atoms with E-state index in [1.807, 2.05) is 0 Å². The third-order valence-corrected chi connectivity index (χ3v) is 17.8. The van der Waals surface area contributed by atoms with Gasteiger partial charge in [-0.1, -0.05) is 170 Å². The van der Waals surface area contributed by atoms with E-state index in [4.69, 9.17) is 4.12 Å². The van der Waals surface area contributed by atoms with Crippen LogP contribution in [0.3, 0.4) is 0 Å². The van der Waals surface area contributed by atoms with Crippen LogP contribution in [0.2, 0.25) is 26.2 Å². The van der Waals surface area contributed by atoms with Crippen LogP contribution in [0.15, 0.2) is 158 Å². The lowest BCUT2D eigenvalue weighted by atomic mass is 9.96. The summed E-state index contributed by atoms with van der Waals surface area (Å²) in [6, 6.07) is 57.3. The molecule has 0 aliphatic rings. The van der Waals surface area contributed by atoms with Crippen molar-refractivity contribution < 1.29 is 4.12 Å². The molecule has 0 heterocycles. The molecule has 0 bridgehead atoms. The van der Waals surface area contributed by atoms with E-state index in [0.717, 1.165) is 0 Å². The fraction of sp³-hybridized carbons (Fsp3) is 0.0833. The lowest BCUT2D eigenvalue weighted by Gasteiger charge is -2.34. The molecule has 1 nitrogen and oxygen atoms in total. The molecule has 0 N–H and O–H groups in total. The van der Waals surface area contributed by atoms with Gasteiger partial charge in [-0.3, -0.25) is 0 Å². The Balaban J connectivity index is 0.997. The smallest absolute Gasteiger partial charge is 0.206 e. The molecule has 8 aromatic carbocycles. The van der Waals surface area contributed by atoms with Crippen molar-refractivity contribution in [2.45, 2.75) is 26.2 Å². The molecule has 0 aliphatic carbocycles. The maximum absolute atomic E-state index is 7.17. The predicted octanol–water partition coefficient (Wildman–Crippen LogP) is 12.2. The number of fused-ring (bicyclic) bond motifs is 4. The van der Waals surface area contributed by atoms with Gasteiger partial charge in [-0.15, -0.1) is 0 Å². The zero-order valence-corrected chi connectivity index (χ0v) is 31.7. The van der Waals surface area contributed by atoms with Gasteiger partial charge in [0, 0.05) is 0 Å². The SMILES string of the molecule is C[Si](C)(O[Si](C)(C)c1ccc(/C=C/c2c3ccccc3cc3ccccc23)cc1)c1ccc(/C=C/c2c3ccccc3cc3ccccc23)cc1. The second-order valence-electron chi connectivity index (χ2n) is 14.5. The highest BCUT2D eigenvalue weighted by Gasteiger charge is 2.35. The van der Waals surface area contributed by atoms with Gasteiger partial charge in [-0.2, -0.15) is 0 Å². The first-order chi connectivity index (χ1) is 24.7.